The Bertz CT molecular complexity index is 634. The Balaban J connectivity index is 2.78. The van der Waals surface area contributed by atoms with E-state index in [4.69, 9.17) is 11.5 Å². The maximum atomic E-state index is 11.0. The van der Waals surface area contributed by atoms with Gasteiger partial charge in [0.1, 0.15) is 5.75 Å². The number of phenols is 1. The second-order valence-electron chi connectivity index (χ2n) is 3.85. The number of hydrogen-bond acceptors (Lipinski definition) is 2. The number of benzene rings is 1. The van der Waals surface area contributed by atoms with Gasteiger partial charge in [-0.3, -0.25) is 4.79 Å². The molecule has 0 aliphatic heterocycles. The van der Waals surface area contributed by atoms with Crippen molar-refractivity contribution in [2.24, 2.45) is 0 Å². The van der Waals surface area contributed by atoms with Crippen molar-refractivity contribution in [2.45, 2.75) is 12.8 Å². The molecule has 1 unspecified atom stereocenters. The van der Waals surface area contributed by atoms with Crippen LogP contribution in [-0.4, -0.2) is 21.2 Å². The zero-order chi connectivity index (χ0) is 12.6. The van der Waals surface area contributed by atoms with Crippen LogP contribution in [0.4, 0.5) is 0 Å². The number of H-pyrrole nitrogens is 1. The number of aromatic nitrogens is 1. The number of aromatic amines is 1. The normalized spacial score (nSPS) is 12.2. The molecule has 1 aromatic heterocycles. The molecule has 4 nitrogen and oxygen atoms in total. The van der Waals surface area contributed by atoms with E-state index in [1.807, 2.05) is 0 Å². The van der Waals surface area contributed by atoms with Crippen LogP contribution in [0.3, 0.4) is 0 Å². The molecule has 2 rings (SSSR count). The van der Waals surface area contributed by atoms with Crippen LogP contribution in [0, 0.1) is 12.3 Å². The summed E-state index contributed by atoms with van der Waals surface area (Å²) in [5.41, 5.74) is 1.70. The van der Waals surface area contributed by atoms with Crippen molar-refractivity contribution in [3.05, 3.63) is 29.5 Å². The molecule has 4 heteroatoms. The van der Waals surface area contributed by atoms with Crippen LogP contribution in [0.1, 0.15) is 24.1 Å². The molecule has 0 aliphatic carbocycles. The van der Waals surface area contributed by atoms with E-state index in [9.17, 15) is 9.90 Å². The predicted molar refractivity (Wildman–Crippen MR) is 63.9 cm³/mol. The average Bonchev–Trinajstić information content (AvgIpc) is 2.65. The van der Waals surface area contributed by atoms with Gasteiger partial charge in [0.25, 0.3) is 0 Å². The molecule has 0 bridgehead atoms. The van der Waals surface area contributed by atoms with E-state index >= 15 is 0 Å². The first-order valence-corrected chi connectivity index (χ1v) is 5.08. The van der Waals surface area contributed by atoms with Crippen LogP contribution in [0.25, 0.3) is 10.9 Å². The van der Waals surface area contributed by atoms with E-state index in [2.05, 4.69) is 10.9 Å². The first kappa shape index (κ1) is 11.1. The zero-order valence-corrected chi connectivity index (χ0v) is 9.19. The first-order chi connectivity index (χ1) is 8.04. The molecule has 3 N–H and O–H groups in total. The number of nitrogens with one attached hydrogen (secondary N) is 1. The fourth-order valence-corrected chi connectivity index (χ4v) is 1.89. The highest BCUT2D eigenvalue weighted by Gasteiger charge is 2.22. The predicted octanol–water partition coefficient (Wildman–Crippen LogP) is 2.04. The first-order valence-electron chi connectivity index (χ1n) is 5.08. The number of fused-ring (bicyclic) bond motifs is 1. The molecule has 0 radical (unpaired) electrons. The van der Waals surface area contributed by atoms with Crippen molar-refractivity contribution >= 4 is 16.9 Å². The molecule has 0 saturated carbocycles. The van der Waals surface area contributed by atoms with Gasteiger partial charge in [-0.05, 0) is 25.1 Å². The monoisotopic (exact) mass is 229 g/mol. The van der Waals surface area contributed by atoms with Gasteiger partial charge in [-0.25, -0.2) is 0 Å². The van der Waals surface area contributed by atoms with Crippen LogP contribution >= 0.6 is 0 Å². The summed E-state index contributed by atoms with van der Waals surface area (Å²) in [7, 11) is 0. The molecule has 0 aliphatic rings. The molecule has 1 aromatic carbocycles. The van der Waals surface area contributed by atoms with Crippen LogP contribution < -0.4 is 0 Å². The number of carboxylic acids is 1. The molecule has 1 atom stereocenters. The number of rotatable bonds is 2. The number of carbonyl (C=O) groups is 1. The van der Waals surface area contributed by atoms with Gasteiger partial charge in [0.15, 0.2) is 0 Å². The molecule has 1 heterocycles. The summed E-state index contributed by atoms with van der Waals surface area (Å²) in [5.74, 6) is 0.844. The fourth-order valence-electron chi connectivity index (χ4n) is 1.89. The Morgan fingerprint density at radius 1 is 1.53 bits per heavy atom. The Kier molecular flexibility index (Phi) is 2.52. The number of phenolic OH excluding ortho intramolecular Hbond substituents is 1. The quantitative estimate of drug-likeness (QED) is 0.690. The highest BCUT2D eigenvalue weighted by Crippen LogP contribution is 2.31. The second-order valence-corrected chi connectivity index (χ2v) is 3.85. The van der Waals surface area contributed by atoms with E-state index in [1.54, 1.807) is 13.0 Å². The van der Waals surface area contributed by atoms with Gasteiger partial charge in [-0.15, -0.1) is 6.42 Å². The minimum Gasteiger partial charge on any atom is -0.508 e. The largest absolute Gasteiger partial charge is 0.508 e. The number of terminal acetylenes is 1. The van der Waals surface area contributed by atoms with E-state index < -0.39 is 11.9 Å². The maximum Gasteiger partial charge on any atom is 0.310 e. The summed E-state index contributed by atoms with van der Waals surface area (Å²) in [6.07, 6.45) is 5.35. The van der Waals surface area contributed by atoms with E-state index in [0.29, 0.717) is 16.6 Å². The van der Waals surface area contributed by atoms with Gasteiger partial charge in [-0.2, -0.15) is 0 Å². The van der Waals surface area contributed by atoms with Crippen molar-refractivity contribution in [3.8, 4) is 18.1 Å². The van der Waals surface area contributed by atoms with Gasteiger partial charge in [0.05, 0.1) is 11.6 Å². The Morgan fingerprint density at radius 2 is 2.24 bits per heavy atom. The minimum atomic E-state index is -0.953. The highest BCUT2D eigenvalue weighted by molar-refractivity contribution is 5.92. The topological polar surface area (TPSA) is 73.3 Å². The van der Waals surface area contributed by atoms with Gasteiger partial charge >= 0.3 is 5.97 Å². The number of aromatic hydroxyl groups is 1. The molecule has 86 valence electrons. The summed E-state index contributed by atoms with van der Waals surface area (Å²) >= 11 is 0. The number of carboxylic acid groups (broad SMARTS) is 1. The molecule has 0 amide bonds. The molecule has 0 spiro atoms. The van der Waals surface area contributed by atoms with Crippen LogP contribution in [0.15, 0.2) is 18.2 Å². The van der Waals surface area contributed by atoms with Crippen molar-refractivity contribution in [2.75, 3.05) is 0 Å². The van der Waals surface area contributed by atoms with Gasteiger partial charge in [-0.1, -0.05) is 5.92 Å². The standard InChI is InChI=1S/C13H11NO3/c1-3-10-12(7(2)13(16)17)9-6-8(15)4-5-11(9)14-10/h1,4-7,14-15H,2H3,(H,16,17). The lowest BCUT2D eigenvalue weighted by molar-refractivity contribution is -0.138. The third kappa shape index (κ3) is 1.72. The zero-order valence-electron chi connectivity index (χ0n) is 9.19. The lowest BCUT2D eigenvalue weighted by atomic mass is 9.98. The van der Waals surface area contributed by atoms with Gasteiger partial charge in [0.2, 0.25) is 0 Å². The molecular formula is C13H11NO3. The number of hydrogen-bond donors (Lipinski definition) is 3. The molecule has 17 heavy (non-hydrogen) atoms. The van der Waals surface area contributed by atoms with Gasteiger partial charge in [0, 0.05) is 16.5 Å². The smallest absolute Gasteiger partial charge is 0.310 e. The Hall–Kier alpha value is -2.41. The fraction of sp³-hybridized carbons (Fsp3) is 0.154. The third-order valence-electron chi connectivity index (χ3n) is 2.77. The molecule has 0 saturated heterocycles. The van der Waals surface area contributed by atoms with E-state index in [-0.39, 0.29) is 5.75 Å². The SMILES string of the molecule is C#Cc1[nH]c2ccc(O)cc2c1C(C)C(=O)O. The van der Waals surface area contributed by atoms with E-state index in [1.165, 1.54) is 12.1 Å². The maximum absolute atomic E-state index is 11.0. The summed E-state index contributed by atoms with van der Waals surface area (Å²) in [5, 5.41) is 19.1. The Morgan fingerprint density at radius 3 is 2.82 bits per heavy atom. The third-order valence-corrected chi connectivity index (χ3v) is 2.77. The second kappa shape index (κ2) is 3.87. The molecule has 0 fully saturated rings. The lowest BCUT2D eigenvalue weighted by Gasteiger charge is -2.05. The minimum absolute atomic E-state index is 0.0823. The van der Waals surface area contributed by atoms with Crippen LogP contribution in [0.5, 0.6) is 5.75 Å². The lowest BCUT2D eigenvalue weighted by Crippen LogP contribution is -2.08. The summed E-state index contributed by atoms with van der Waals surface area (Å²) < 4.78 is 0. The van der Waals surface area contributed by atoms with Gasteiger partial charge < -0.3 is 15.2 Å². The van der Waals surface area contributed by atoms with Crippen molar-refractivity contribution in [3.63, 3.8) is 0 Å². The van der Waals surface area contributed by atoms with Crippen LogP contribution in [-0.2, 0) is 4.79 Å². The van der Waals surface area contributed by atoms with Crippen molar-refractivity contribution in [1.82, 2.24) is 4.98 Å². The van der Waals surface area contributed by atoms with Crippen molar-refractivity contribution in [1.29, 1.82) is 0 Å². The van der Waals surface area contributed by atoms with Crippen LogP contribution in [0.2, 0.25) is 0 Å². The highest BCUT2D eigenvalue weighted by atomic mass is 16.4. The summed E-state index contributed by atoms with van der Waals surface area (Å²) in [6, 6.07) is 4.71. The Labute approximate surface area is 97.9 Å². The summed E-state index contributed by atoms with van der Waals surface area (Å²) in [4.78, 5) is 14.0. The summed E-state index contributed by atoms with van der Waals surface area (Å²) in [6.45, 7) is 1.57. The number of aliphatic carboxylic acids is 1. The van der Waals surface area contributed by atoms with E-state index in [0.717, 1.165) is 5.52 Å². The molecule has 2 aromatic rings. The average molecular weight is 229 g/mol. The molecular weight excluding hydrogens is 218 g/mol. The van der Waals surface area contributed by atoms with Crippen molar-refractivity contribution < 1.29 is 15.0 Å².